The third-order valence-corrected chi connectivity index (χ3v) is 3.18. The van der Waals surface area contributed by atoms with Gasteiger partial charge in [0.2, 0.25) is 0 Å². The minimum Gasteiger partial charge on any atom is -0.432 e. The number of imide groups is 1. The molecule has 0 aromatic carbocycles. The minimum atomic E-state index is -1.06. The van der Waals surface area contributed by atoms with Crippen molar-refractivity contribution in [2.75, 3.05) is 6.61 Å². The van der Waals surface area contributed by atoms with Crippen LogP contribution in [-0.4, -0.2) is 34.5 Å². The van der Waals surface area contributed by atoms with E-state index in [2.05, 4.69) is 4.84 Å². The van der Waals surface area contributed by atoms with Crippen LogP contribution in [-0.2, 0) is 19.2 Å². The van der Waals surface area contributed by atoms with Gasteiger partial charge < -0.3 is 4.74 Å². The maximum Gasteiger partial charge on any atom is 0.533 e. The minimum absolute atomic E-state index is 0.0553. The van der Waals surface area contributed by atoms with E-state index < -0.39 is 18.0 Å². The standard InChI is InChI=1S/C12H17NO5S/c1-7(2)9(8(3)19)6-17-12(16)18-13-10(14)4-5-11(13)15/h7,9H,4-6H2,1-3H3. The van der Waals surface area contributed by atoms with Gasteiger partial charge in [-0.05, 0) is 17.7 Å². The lowest BCUT2D eigenvalue weighted by Gasteiger charge is -2.20. The van der Waals surface area contributed by atoms with Crippen LogP contribution in [0.2, 0.25) is 0 Å². The van der Waals surface area contributed by atoms with Crippen molar-refractivity contribution >= 4 is 35.1 Å². The summed E-state index contributed by atoms with van der Waals surface area (Å²) in [5, 5.41) is 0.455. The highest BCUT2D eigenvalue weighted by Crippen LogP contribution is 2.16. The van der Waals surface area contributed by atoms with E-state index in [0.717, 1.165) is 4.86 Å². The molecular formula is C12H17NO5S. The quantitative estimate of drug-likeness (QED) is 0.436. The Labute approximate surface area is 117 Å². The Kier molecular flexibility index (Phi) is 5.41. The van der Waals surface area contributed by atoms with Crippen LogP contribution in [0.15, 0.2) is 0 Å². The second kappa shape index (κ2) is 6.60. The van der Waals surface area contributed by atoms with Crippen LogP contribution in [0, 0.1) is 11.8 Å². The molecule has 2 amide bonds. The lowest BCUT2D eigenvalue weighted by molar-refractivity contribution is -0.177. The lowest BCUT2D eigenvalue weighted by atomic mass is 9.94. The zero-order chi connectivity index (χ0) is 14.6. The van der Waals surface area contributed by atoms with Crippen molar-refractivity contribution in [2.45, 2.75) is 33.6 Å². The fraction of sp³-hybridized carbons (Fsp3) is 0.667. The van der Waals surface area contributed by atoms with E-state index in [4.69, 9.17) is 17.0 Å². The molecule has 1 aliphatic rings. The molecule has 0 saturated carbocycles. The Balaban J connectivity index is 2.45. The molecule has 1 saturated heterocycles. The summed E-state index contributed by atoms with van der Waals surface area (Å²) < 4.78 is 4.89. The molecule has 0 aromatic heterocycles. The highest BCUT2D eigenvalue weighted by atomic mass is 32.1. The fourth-order valence-corrected chi connectivity index (χ4v) is 2.04. The molecule has 106 valence electrons. The predicted molar refractivity (Wildman–Crippen MR) is 70.1 cm³/mol. The summed E-state index contributed by atoms with van der Waals surface area (Å²) >= 11 is 5.08. The summed E-state index contributed by atoms with van der Waals surface area (Å²) in [6.45, 7) is 5.77. The number of hydrogen-bond donors (Lipinski definition) is 0. The Morgan fingerprint density at radius 3 is 2.26 bits per heavy atom. The Morgan fingerprint density at radius 1 is 1.32 bits per heavy atom. The topological polar surface area (TPSA) is 72.9 Å². The first kappa shape index (κ1) is 15.6. The fourth-order valence-electron chi connectivity index (χ4n) is 1.70. The summed E-state index contributed by atoms with van der Waals surface area (Å²) in [6.07, 6.45) is -0.954. The lowest BCUT2D eigenvalue weighted by Crippen LogP contribution is -2.33. The highest BCUT2D eigenvalue weighted by Gasteiger charge is 2.33. The third kappa shape index (κ3) is 4.27. The van der Waals surface area contributed by atoms with Crippen molar-refractivity contribution < 1.29 is 24.0 Å². The molecule has 1 rings (SSSR count). The van der Waals surface area contributed by atoms with E-state index in [1.165, 1.54) is 0 Å². The Morgan fingerprint density at radius 2 is 1.84 bits per heavy atom. The summed E-state index contributed by atoms with van der Waals surface area (Å²) in [7, 11) is 0. The van der Waals surface area contributed by atoms with E-state index in [0.29, 0.717) is 5.06 Å². The number of hydrogen-bond acceptors (Lipinski definition) is 6. The number of ether oxygens (including phenoxy) is 1. The van der Waals surface area contributed by atoms with Crippen molar-refractivity contribution in [1.82, 2.24) is 5.06 Å². The third-order valence-electron chi connectivity index (χ3n) is 2.88. The first-order valence-electron chi connectivity index (χ1n) is 6.04. The maximum absolute atomic E-state index is 11.4. The molecule has 0 spiro atoms. The van der Waals surface area contributed by atoms with Gasteiger partial charge >= 0.3 is 6.16 Å². The number of nitrogens with zero attached hydrogens (tertiary/aromatic N) is 1. The molecule has 0 N–H and O–H groups in total. The van der Waals surface area contributed by atoms with Crippen LogP contribution in [0.5, 0.6) is 0 Å². The molecule has 1 fully saturated rings. The van der Waals surface area contributed by atoms with Crippen LogP contribution in [0.25, 0.3) is 0 Å². The molecule has 0 radical (unpaired) electrons. The number of thiocarbonyl (C=S) groups is 1. The zero-order valence-electron chi connectivity index (χ0n) is 11.2. The van der Waals surface area contributed by atoms with Crippen molar-refractivity contribution in [2.24, 2.45) is 11.8 Å². The normalized spacial score (nSPS) is 16.7. The molecule has 7 heteroatoms. The van der Waals surface area contributed by atoms with Gasteiger partial charge in [0.25, 0.3) is 11.8 Å². The largest absolute Gasteiger partial charge is 0.533 e. The number of carbonyl (C=O) groups is 3. The second-order valence-corrected chi connectivity index (χ2v) is 5.34. The molecule has 0 aromatic rings. The van der Waals surface area contributed by atoms with Gasteiger partial charge in [-0.15, -0.1) is 0 Å². The monoisotopic (exact) mass is 287 g/mol. The molecular weight excluding hydrogens is 270 g/mol. The smallest absolute Gasteiger partial charge is 0.432 e. The summed E-state index contributed by atoms with van der Waals surface area (Å²) in [5.41, 5.74) is 0. The van der Waals surface area contributed by atoms with Crippen molar-refractivity contribution in [3.8, 4) is 0 Å². The molecule has 6 nitrogen and oxygen atoms in total. The molecule has 0 bridgehead atoms. The van der Waals surface area contributed by atoms with Crippen LogP contribution in [0.4, 0.5) is 4.79 Å². The number of carbonyl (C=O) groups excluding carboxylic acids is 3. The van der Waals surface area contributed by atoms with E-state index in [1.54, 1.807) is 6.92 Å². The first-order valence-corrected chi connectivity index (χ1v) is 6.44. The second-order valence-electron chi connectivity index (χ2n) is 4.70. The van der Waals surface area contributed by atoms with Gasteiger partial charge in [0.1, 0.15) is 6.61 Å². The average molecular weight is 287 g/mol. The SMILES string of the molecule is CC(=S)C(COC(=O)ON1C(=O)CCC1=O)C(C)C. The maximum atomic E-state index is 11.4. The molecule has 0 aliphatic carbocycles. The zero-order valence-corrected chi connectivity index (χ0v) is 12.0. The van der Waals surface area contributed by atoms with E-state index >= 15 is 0 Å². The van der Waals surface area contributed by atoms with Gasteiger partial charge in [0, 0.05) is 18.8 Å². The molecule has 1 atom stereocenters. The first-order chi connectivity index (χ1) is 8.82. The van der Waals surface area contributed by atoms with Gasteiger partial charge in [-0.25, -0.2) is 4.79 Å². The molecule has 1 unspecified atom stereocenters. The van der Waals surface area contributed by atoms with Gasteiger partial charge in [-0.3, -0.25) is 14.4 Å². The highest BCUT2D eigenvalue weighted by molar-refractivity contribution is 7.80. The summed E-state index contributed by atoms with van der Waals surface area (Å²) in [6, 6.07) is 0. The number of rotatable bonds is 5. The van der Waals surface area contributed by atoms with Crippen molar-refractivity contribution in [3.63, 3.8) is 0 Å². The van der Waals surface area contributed by atoms with Gasteiger partial charge in [-0.2, -0.15) is 0 Å². The van der Waals surface area contributed by atoms with Crippen LogP contribution in [0.1, 0.15) is 33.6 Å². The van der Waals surface area contributed by atoms with Crippen LogP contribution < -0.4 is 0 Å². The van der Waals surface area contributed by atoms with Gasteiger partial charge in [0.05, 0.1) is 0 Å². The van der Waals surface area contributed by atoms with Crippen LogP contribution >= 0.6 is 12.2 Å². The van der Waals surface area contributed by atoms with Crippen molar-refractivity contribution in [1.29, 1.82) is 0 Å². The van der Waals surface area contributed by atoms with Gasteiger partial charge in [-0.1, -0.05) is 31.1 Å². The van der Waals surface area contributed by atoms with E-state index in [9.17, 15) is 14.4 Å². The molecule has 1 aliphatic heterocycles. The summed E-state index contributed by atoms with van der Waals surface area (Å²) in [5.74, 6) is -0.908. The van der Waals surface area contributed by atoms with Crippen LogP contribution in [0.3, 0.4) is 0 Å². The number of amides is 2. The average Bonchev–Trinajstić information content (AvgIpc) is 2.60. The molecule has 1 heterocycles. The molecule has 19 heavy (non-hydrogen) atoms. The van der Waals surface area contributed by atoms with Gasteiger partial charge in [0.15, 0.2) is 0 Å². The van der Waals surface area contributed by atoms with E-state index in [1.807, 2.05) is 13.8 Å². The number of hydroxylamine groups is 2. The Hall–Kier alpha value is -1.50. The van der Waals surface area contributed by atoms with Crippen molar-refractivity contribution in [3.05, 3.63) is 0 Å². The predicted octanol–water partition coefficient (Wildman–Crippen LogP) is 1.87. The van der Waals surface area contributed by atoms with E-state index in [-0.39, 0.29) is 31.3 Å². The Bertz CT molecular complexity index is 391. The summed E-state index contributed by atoms with van der Waals surface area (Å²) in [4.78, 5) is 39.2.